The summed E-state index contributed by atoms with van der Waals surface area (Å²) in [6, 6.07) is 7.39. The van der Waals surface area contributed by atoms with Crippen molar-refractivity contribution in [3.05, 3.63) is 30.6 Å². The molecule has 0 aliphatic rings. The number of urea groups is 1. The fourth-order valence-electron chi connectivity index (χ4n) is 2.25. The van der Waals surface area contributed by atoms with Crippen LogP contribution in [-0.4, -0.2) is 28.0 Å². The maximum Gasteiger partial charge on any atom is 0.321 e. The Bertz CT molecular complexity index is 636. The Morgan fingerprint density at radius 3 is 2.86 bits per heavy atom. The number of hydrogen-bond donors (Lipinski definition) is 2. The number of nitrogens with zero attached hydrogens (tertiary/aromatic N) is 2. The van der Waals surface area contributed by atoms with E-state index in [4.69, 9.17) is 0 Å². The molecule has 118 valence electrons. The molecular formula is C16H22N4O2. The molecule has 0 spiro atoms. The summed E-state index contributed by atoms with van der Waals surface area (Å²) in [5.74, 6) is -0.223. The highest BCUT2D eigenvalue weighted by Gasteiger charge is 2.07. The van der Waals surface area contributed by atoms with Gasteiger partial charge in [0.2, 0.25) is 5.91 Å². The lowest BCUT2D eigenvalue weighted by Crippen LogP contribution is -2.40. The zero-order chi connectivity index (χ0) is 15.8. The Hall–Kier alpha value is -2.37. The van der Waals surface area contributed by atoms with Crippen molar-refractivity contribution in [3.63, 3.8) is 0 Å². The van der Waals surface area contributed by atoms with Crippen molar-refractivity contribution in [3.8, 4) is 0 Å². The molecule has 0 saturated carbocycles. The van der Waals surface area contributed by atoms with Gasteiger partial charge in [-0.2, -0.15) is 0 Å². The van der Waals surface area contributed by atoms with Gasteiger partial charge in [-0.15, -0.1) is 0 Å². The first-order valence-corrected chi connectivity index (χ1v) is 7.68. The second kappa shape index (κ2) is 8.17. The number of para-hydroxylation sites is 2. The minimum atomic E-state index is -0.439. The second-order valence-corrected chi connectivity index (χ2v) is 5.19. The number of hydrogen-bond acceptors (Lipinski definition) is 3. The Labute approximate surface area is 129 Å². The van der Waals surface area contributed by atoms with Crippen LogP contribution in [0, 0.1) is 0 Å². The summed E-state index contributed by atoms with van der Waals surface area (Å²) in [5, 5.41) is 5.03. The molecule has 0 fully saturated rings. The first-order chi connectivity index (χ1) is 10.7. The first kappa shape index (κ1) is 16.0. The summed E-state index contributed by atoms with van der Waals surface area (Å²) in [4.78, 5) is 27.4. The average molecular weight is 302 g/mol. The minimum Gasteiger partial charge on any atom is -0.336 e. The topological polar surface area (TPSA) is 76.0 Å². The number of benzene rings is 1. The normalized spacial score (nSPS) is 10.6. The summed E-state index contributed by atoms with van der Waals surface area (Å²) in [6.45, 7) is 3.12. The van der Waals surface area contributed by atoms with Gasteiger partial charge in [-0.3, -0.25) is 10.1 Å². The predicted octanol–water partition coefficient (Wildman–Crippen LogP) is 2.44. The lowest BCUT2D eigenvalue weighted by atomic mass is 10.2. The number of carbonyl (C=O) groups excluding carboxylic acids is 2. The Morgan fingerprint density at radius 2 is 2.05 bits per heavy atom. The lowest BCUT2D eigenvalue weighted by molar-refractivity contribution is -0.120. The number of imidazole rings is 1. The van der Waals surface area contributed by atoms with E-state index in [9.17, 15) is 9.59 Å². The van der Waals surface area contributed by atoms with Crippen LogP contribution >= 0.6 is 0 Å². The molecule has 2 aromatic rings. The van der Waals surface area contributed by atoms with E-state index in [1.807, 2.05) is 28.8 Å². The largest absolute Gasteiger partial charge is 0.336 e. The Kier molecular flexibility index (Phi) is 5.94. The molecule has 0 aliphatic carbocycles. The molecule has 1 aromatic heterocycles. The molecule has 22 heavy (non-hydrogen) atoms. The molecule has 0 aliphatic heterocycles. The zero-order valence-electron chi connectivity index (χ0n) is 12.8. The molecule has 6 nitrogen and oxygen atoms in total. The summed E-state index contributed by atoms with van der Waals surface area (Å²) >= 11 is 0. The van der Waals surface area contributed by atoms with Gasteiger partial charge in [0.1, 0.15) is 0 Å². The molecule has 0 unspecified atom stereocenters. The van der Waals surface area contributed by atoms with Crippen LogP contribution in [0.25, 0.3) is 11.0 Å². The molecule has 2 rings (SSSR count). The predicted molar refractivity (Wildman–Crippen MR) is 85.4 cm³/mol. The summed E-state index contributed by atoms with van der Waals surface area (Å²) in [5.41, 5.74) is 1.96. The van der Waals surface area contributed by atoms with Crippen LogP contribution < -0.4 is 10.6 Å². The van der Waals surface area contributed by atoms with Gasteiger partial charge in [0.25, 0.3) is 0 Å². The summed E-state index contributed by atoms with van der Waals surface area (Å²) in [6.07, 6.45) is 5.02. The van der Waals surface area contributed by atoms with Crippen LogP contribution in [0.5, 0.6) is 0 Å². The molecule has 1 heterocycles. The first-order valence-electron chi connectivity index (χ1n) is 7.68. The van der Waals surface area contributed by atoms with Crippen molar-refractivity contribution in [2.45, 2.75) is 39.2 Å². The molecule has 0 bridgehead atoms. The number of nitrogens with one attached hydrogen (secondary N) is 2. The number of fused-ring (bicyclic) bond motifs is 1. The van der Waals surface area contributed by atoms with Gasteiger partial charge in [0.15, 0.2) is 0 Å². The standard InChI is InChI=1S/C16H22N4O2/c1-2-3-4-9-15(21)19-16(22)17-10-11-20-12-18-13-7-5-6-8-14(13)20/h5-8,12H,2-4,9-11H2,1H3,(H2,17,19,21,22). The Balaban J connectivity index is 1.72. The number of unbranched alkanes of at least 4 members (excludes halogenated alkanes) is 2. The third-order valence-corrected chi connectivity index (χ3v) is 3.43. The molecule has 3 amide bonds. The SMILES string of the molecule is CCCCCC(=O)NC(=O)NCCn1cnc2ccccc21. The van der Waals surface area contributed by atoms with E-state index in [0.29, 0.717) is 19.5 Å². The van der Waals surface area contributed by atoms with Gasteiger partial charge in [0.05, 0.1) is 17.4 Å². The van der Waals surface area contributed by atoms with E-state index < -0.39 is 6.03 Å². The fraction of sp³-hybridized carbons (Fsp3) is 0.438. The summed E-state index contributed by atoms with van der Waals surface area (Å²) < 4.78 is 1.97. The highest BCUT2D eigenvalue weighted by molar-refractivity contribution is 5.94. The van der Waals surface area contributed by atoms with Gasteiger partial charge in [-0.1, -0.05) is 31.9 Å². The number of aromatic nitrogens is 2. The average Bonchev–Trinajstić information content (AvgIpc) is 2.91. The molecular weight excluding hydrogens is 280 g/mol. The quantitative estimate of drug-likeness (QED) is 0.771. The third-order valence-electron chi connectivity index (χ3n) is 3.43. The van der Waals surface area contributed by atoms with E-state index in [0.717, 1.165) is 30.3 Å². The monoisotopic (exact) mass is 302 g/mol. The van der Waals surface area contributed by atoms with Crippen molar-refractivity contribution in [1.29, 1.82) is 0 Å². The van der Waals surface area contributed by atoms with Gasteiger partial charge in [0, 0.05) is 19.5 Å². The molecule has 0 radical (unpaired) electrons. The van der Waals surface area contributed by atoms with Crippen molar-refractivity contribution in [2.24, 2.45) is 0 Å². The number of amides is 3. The maximum absolute atomic E-state index is 11.6. The van der Waals surface area contributed by atoms with Crippen molar-refractivity contribution in [1.82, 2.24) is 20.2 Å². The highest BCUT2D eigenvalue weighted by atomic mass is 16.2. The van der Waals surface area contributed by atoms with Gasteiger partial charge < -0.3 is 9.88 Å². The number of rotatable bonds is 7. The van der Waals surface area contributed by atoms with Crippen LogP contribution in [-0.2, 0) is 11.3 Å². The van der Waals surface area contributed by atoms with E-state index >= 15 is 0 Å². The van der Waals surface area contributed by atoms with Gasteiger partial charge >= 0.3 is 6.03 Å². The minimum absolute atomic E-state index is 0.223. The van der Waals surface area contributed by atoms with Crippen molar-refractivity contribution < 1.29 is 9.59 Å². The molecule has 0 saturated heterocycles. The van der Waals surface area contributed by atoms with Gasteiger partial charge in [-0.25, -0.2) is 9.78 Å². The van der Waals surface area contributed by atoms with E-state index in [2.05, 4.69) is 22.5 Å². The maximum atomic E-state index is 11.6. The molecule has 1 aromatic carbocycles. The zero-order valence-corrected chi connectivity index (χ0v) is 12.8. The third kappa shape index (κ3) is 4.58. The van der Waals surface area contributed by atoms with Crippen LogP contribution in [0.1, 0.15) is 32.6 Å². The fourth-order valence-corrected chi connectivity index (χ4v) is 2.25. The van der Waals surface area contributed by atoms with Crippen molar-refractivity contribution >= 4 is 23.0 Å². The molecule has 0 atom stereocenters. The molecule has 2 N–H and O–H groups in total. The summed E-state index contributed by atoms with van der Waals surface area (Å²) in [7, 11) is 0. The van der Waals surface area contributed by atoms with E-state index in [1.165, 1.54) is 0 Å². The number of imide groups is 1. The van der Waals surface area contributed by atoms with Crippen LogP contribution in [0.4, 0.5) is 4.79 Å². The van der Waals surface area contributed by atoms with Crippen LogP contribution in [0.2, 0.25) is 0 Å². The van der Waals surface area contributed by atoms with Crippen LogP contribution in [0.15, 0.2) is 30.6 Å². The smallest absolute Gasteiger partial charge is 0.321 e. The van der Waals surface area contributed by atoms with Crippen molar-refractivity contribution in [2.75, 3.05) is 6.54 Å². The van der Waals surface area contributed by atoms with E-state index in [-0.39, 0.29) is 5.91 Å². The van der Waals surface area contributed by atoms with E-state index in [1.54, 1.807) is 6.33 Å². The highest BCUT2D eigenvalue weighted by Crippen LogP contribution is 2.10. The van der Waals surface area contributed by atoms with Crippen LogP contribution in [0.3, 0.4) is 0 Å². The lowest BCUT2D eigenvalue weighted by Gasteiger charge is -2.08. The Morgan fingerprint density at radius 1 is 1.23 bits per heavy atom. The number of carbonyl (C=O) groups is 2. The second-order valence-electron chi connectivity index (χ2n) is 5.19. The van der Waals surface area contributed by atoms with Gasteiger partial charge in [-0.05, 0) is 18.6 Å². The molecule has 6 heteroatoms.